The van der Waals surface area contributed by atoms with Gasteiger partial charge in [0.2, 0.25) is 0 Å². The normalized spacial score (nSPS) is 18.9. The summed E-state index contributed by atoms with van der Waals surface area (Å²) in [5.41, 5.74) is 1.20. The molecule has 0 aliphatic carbocycles. The predicted molar refractivity (Wildman–Crippen MR) is 85.4 cm³/mol. The van der Waals surface area contributed by atoms with Crippen LogP contribution in [0.4, 0.5) is 0 Å². The van der Waals surface area contributed by atoms with Gasteiger partial charge in [-0.05, 0) is 26.3 Å². The van der Waals surface area contributed by atoms with Crippen molar-refractivity contribution in [2.45, 2.75) is 58.7 Å². The second kappa shape index (κ2) is 7.79. The Morgan fingerprint density at radius 3 is 3.05 bits per heavy atom. The molecule has 1 aliphatic rings. The molecular weight excluding hydrogens is 270 g/mol. The van der Waals surface area contributed by atoms with Crippen LogP contribution in [0.5, 0.6) is 11.5 Å². The zero-order chi connectivity index (χ0) is 14.4. The van der Waals surface area contributed by atoms with Crippen LogP contribution in [-0.4, -0.2) is 17.9 Å². The molecule has 0 aromatic heterocycles. The van der Waals surface area contributed by atoms with E-state index >= 15 is 0 Å². The molecule has 1 atom stereocenters. The smallest absolute Gasteiger partial charge is 0.145 e. The third kappa shape index (κ3) is 4.60. The fraction of sp³-hybridized carbons (Fsp3) is 0.625. The second-order valence-corrected chi connectivity index (χ2v) is 6.26. The molecule has 1 N–H and O–H groups in total. The highest BCUT2D eigenvalue weighted by Gasteiger charge is 2.16. The van der Waals surface area contributed by atoms with Gasteiger partial charge in [-0.2, -0.15) is 0 Å². The van der Waals surface area contributed by atoms with Gasteiger partial charge in [-0.25, -0.2) is 0 Å². The Kier molecular flexibility index (Phi) is 6.05. The van der Waals surface area contributed by atoms with E-state index in [1.807, 2.05) is 26.0 Å². The quantitative estimate of drug-likeness (QED) is 0.826. The fourth-order valence-electron chi connectivity index (χ4n) is 2.23. The first kappa shape index (κ1) is 15.5. The average molecular weight is 295 g/mol. The van der Waals surface area contributed by atoms with Crippen LogP contribution in [0.25, 0.3) is 0 Å². The molecule has 1 aromatic carbocycles. The van der Waals surface area contributed by atoms with Crippen molar-refractivity contribution in [3.8, 4) is 11.5 Å². The van der Waals surface area contributed by atoms with Gasteiger partial charge in [-0.3, -0.25) is 0 Å². The van der Waals surface area contributed by atoms with Crippen LogP contribution in [0, 0.1) is 0 Å². The minimum absolute atomic E-state index is 0.186. The van der Waals surface area contributed by atoms with Gasteiger partial charge < -0.3 is 14.2 Å². The molecule has 0 radical (unpaired) electrons. The van der Waals surface area contributed by atoms with E-state index in [1.165, 1.54) is 36.9 Å². The molecule has 0 fully saturated rings. The lowest BCUT2D eigenvalue weighted by Crippen LogP contribution is -2.32. The Labute approximate surface area is 126 Å². The summed E-state index contributed by atoms with van der Waals surface area (Å²) in [6, 6.07) is 6.66. The summed E-state index contributed by atoms with van der Waals surface area (Å²) >= 11 is 1.54. The van der Waals surface area contributed by atoms with Gasteiger partial charge in [-0.15, -0.1) is 0 Å². The number of hydrogen-bond acceptors (Lipinski definition) is 4. The van der Waals surface area contributed by atoms with Crippen LogP contribution in [0.2, 0.25) is 0 Å². The lowest BCUT2D eigenvalue weighted by atomic mass is 10.1. The largest absolute Gasteiger partial charge is 0.491 e. The number of nitrogens with one attached hydrogen (secondary N) is 1. The van der Waals surface area contributed by atoms with Gasteiger partial charge >= 0.3 is 0 Å². The first-order valence-electron chi connectivity index (χ1n) is 7.51. The molecule has 0 amide bonds. The molecule has 1 unspecified atom stereocenters. The van der Waals surface area contributed by atoms with E-state index < -0.39 is 0 Å². The lowest BCUT2D eigenvalue weighted by molar-refractivity contribution is 0.242. The van der Waals surface area contributed by atoms with Crippen LogP contribution in [0.1, 0.15) is 45.6 Å². The second-order valence-electron chi connectivity index (χ2n) is 5.52. The molecular formula is C16H25NO2S. The predicted octanol–water partition coefficient (Wildman–Crippen LogP) is 4.16. The first-order chi connectivity index (χ1) is 9.69. The Morgan fingerprint density at radius 2 is 2.30 bits per heavy atom. The van der Waals surface area contributed by atoms with E-state index in [0.29, 0.717) is 6.04 Å². The van der Waals surface area contributed by atoms with Gasteiger partial charge in [0.1, 0.15) is 11.5 Å². The SMILES string of the molecule is CCCCC1CSOc2cc(OC(C)C)ccc2CN1. The zero-order valence-electron chi connectivity index (χ0n) is 12.6. The monoisotopic (exact) mass is 295 g/mol. The zero-order valence-corrected chi connectivity index (χ0v) is 13.5. The van der Waals surface area contributed by atoms with Crippen molar-refractivity contribution in [2.24, 2.45) is 0 Å². The number of rotatable bonds is 5. The molecule has 4 heteroatoms. The molecule has 0 spiro atoms. The van der Waals surface area contributed by atoms with Crippen molar-refractivity contribution >= 4 is 12.0 Å². The molecule has 20 heavy (non-hydrogen) atoms. The van der Waals surface area contributed by atoms with E-state index in [0.717, 1.165) is 23.8 Å². The number of fused-ring (bicyclic) bond motifs is 1. The summed E-state index contributed by atoms with van der Waals surface area (Å²) in [6.45, 7) is 7.17. The van der Waals surface area contributed by atoms with Crippen LogP contribution >= 0.6 is 12.0 Å². The van der Waals surface area contributed by atoms with Crippen LogP contribution < -0.4 is 14.2 Å². The summed E-state index contributed by atoms with van der Waals surface area (Å²) in [4.78, 5) is 0. The maximum atomic E-state index is 5.86. The summed E-state index contributed by atoms with van der Waals surface area (Å²) in [6.07, 6.45) is 3.92. The van der Waals surface area contributed by atoms with Gasteiger partial charge in [0.25, 0.3) is 0 Å². The number of ether oxygens (including phenoxy) is 1. The molecule has 1 heterocycles. The van der Waals surface area contributed by atoms with E-state index in [9.17, 15) is 0 Å². The minimum atomic E-state index is 0.186. The summed E-state index contributed by atoms with van der Waals surface area (Å²) in [5.74, 6) is 2.80. The highest BCUT2D eigenvalue weighted by molar-refractivity contribution is 7.95. The van der Waals surface area contributed by atoms with Crippen molar-refractivity contribution in [2.75, 3.05) is 5.75 Å². The van der Waals surface area contributed by atoms with Crippen molar-refractivity contribution in [3.63, 3.8) is 0 Å². The third-order valence-corrected chi connectivity index (χ3v) is 4.15. The third-order valence-electron chi connectivity index (χ3n) is 3.32. The standard InChI is InChI=1S/C16H25NO2S/c1-4-5-6-14-11-20-19-16-9-15(18-12(2)3)8-7-13(16)10-17-14/h7-9,12,14,17H,4-6,10-11H2,1-3H3. The molecule has 0 bridgehead atoms. The van der Waals surface area contributed by atoms with E-state index in [1.54, 1.807) is 0 Å². The molecule has 0 saturated heterocycles. The topological polar surface area (TPSA) is 30.5 Å². The van der Waals surface area contributed by atoms with Crippen molar-refractivity contribution in [1.29, 1.82) is 0 Å². The Bertz CT molecular complexity index is 423. The van der Waals surface area contributed by atoms with Gasteiger partial charge in [0.15, 0.2) is 0 Å². The summed E-state index contributed by atoms with van der Waals surface area (Å²) in [5, 5.41) is 3.63. The Morgan fingerprint density at radius 1 is 1.45 bits per heavy atom. The molecule has 1 aromatic rings. The number of unbranched alkanes of at least 4 members (excludes halogenated alkanes) is 1. The van der Waals surface area contributed by atoms with Crippen molar-refractivity contribution < 1.29 is 8.92 Å². The van der Waals surface area contributed by atoms with Gasteiger partial charge in [0, 0.05) is 30.0 Å². The summed E-state index contributed by atoms with van der Waals surface area (Å²) in [7, 11) is 0. The van der Waals surface area contributed by atoms with Crippen LogP contribution in [0.15, 0.2) is 18.2 Å². The molecule has 0 saturated carbocycles. The van der Waals surface area contributed by atoms with Gasteiger partial charge in [0.05, 0.1) is 18.1 Å². The van der Waals surface area contributed by atoms with Gasteiger partial charge in [-0.1, -0.05) is 25.8 Å². The molecule has 3 nitrogen and oxygen atoms in total. The minimum Gasteiger partial charge on any atom is -0.491 e. The number of hydrogen-bond donors (Lipinski definition) is 1. The van der Waals surface area contributed by atoms with Crippen molar-refractivity contribution in [1.82, 2.24) is 5.32 Å². The molecule has 1 aliphatic heterocycles. The maximum Gasteiger partial charge on any atom is 0.145 e. The fourth-order valence-corrected chi connectivity index (χ4v) is 3.03. The first-order valence-corrected chi connectivity index (χ1v) is 8.42. The molecule has 2 rings (SSSR count). The van der Waals surface area contributed by atoms with E-state index in [-0.39, 0.29) is 6.10 Å². The summed E-state index contributed by atoms with van der Waals surface area (Å²) < 4.78 is 11.6. The Hall–Kier alpha value is -0.870. The average Bonchev–Trinajstić information content (AvgIpc) is 2.39. The van der Waals surface area contributed by atoms with Crippen LogP contribution in [0.3, 0.4) is 0 Å². The van der Waals surface area contributed by atoms with Crippen molar-refractivity contribution in [3.05, 3.63) is 23.8 Å². The highest BCUT2D eigenvalue weighted by atomic mass is 32.2. The lowest BCUT2D eigenvalue weighted by Gasteiger charge is -2.23. The highest BCUT2D eigenvalue weighted by Crippen LogP contribution is 2.30. The van der Waals surface area contributed by atoms with E-state index in [4.69, 9.17) is 8.92 Å². The van der Waals surface area contributed by atoms with Crippen LogP contribution in [-0.2, 0) is 6.54 Å². The maximum absolute atomic E-state index is 5.86. The number of benzene rings is 1. The Balaban J connectivity index is 2.01. The van der Waals surface area contributed by atoms with E-state index in [2.05, 4.69) is 18.3 Å². The molecule has 112 valence electrons.